The summed E-state index contributed by atoms with van der Waals surface area (Å²) in [5.74, 6) is -1.13. The Kier molecular flexibility index (Phi) is 2.97. The molecule has 0 spiro atoms. The van der Waals surface area contributed by atoms with Crippen LogP contribution in [0.4, 0.5) is 11.4 Å². The van der Waals surface area contributed by atoms with E-state index in [0.717, 1.165) is 0 Å². The van der Waals surface area contributed by atoms with Crippen molar-refractivity contribution in [2.45, 2.75) is 11.7 Å². The van der Waals surface area contributed by atoms with Crippen LogP contribution < -0.4 is 10.6 Å². The molecule has 1 amide bonds. The van der Waals surface area contributed by atoms with Crippen molar-refractivity contribution in [3.63, 3.8) is 0 Å². The van der Waals surface area contributed by atoms with E-state index in [9.17, 15) is 9.59 Å². The summed E-state index contributed by atoms with van der Waals surface area (Å²) in [5.41, 5.74) is 6.55. The fraction of sp³-hybridized carbons (Fsp3) is 0.273. The van der Waals surface area contributed by atoms with Gasteiger partial charge in [0, 0.05) is 29.6 Å². The number of anilines is 2. The standard InChI is InChI=1S/C11H12N2O3S/c12-7-1-6(11(15)16)2-8(3-7)13-5-9(17)4-10(13)14/h1-3,9,17H,4-5,12H2,(H,15,16). The van der Waals surface area contributed by atoms with E-state index in [1.54, 1.807) is 6.07 Å². The lowest BCUT2D eigenvalue weighted by Gasteiger charge is -2.17. The molecule has 17 heavy (non-hydrogen) atoms. The summed E-state index contributed by atoms with van der Waals surface area (Å²) in [7, 11) is 0. The largest absolute Gasteiger partial charge is 0.478 e. The Morgan fingerprint density at radius 1 is 1.47 bits per heavy atom. The summed E-state index contributed by atoms with van der Waals surface area (Å²) in [4.78, 5) is 24.1. The quantitative estimate of drug-likeness (QED) is 0.541. The van der Waals surface area contributed by atoms with Gasteiger partial charge in [-0.25, -0.2) is 4.79 Å². The third kappa shape index (κ3) is 2.36. The van der Waals surface area contributed by atoms with Crippen LogP contribution in [0.1, 0.15) is 16.8 Å². The first-order valence-corrected chi connectivity index (χ1v) is 5.61. The zero-order valence-corrected chi connectivity index (χ0v) is 9.85. The van der Waals surface area contributed by atoms with Crippen molar-refractivity contribution in [3.8, 4) is 0 Å². The molecule has 1 aromatic rings. The second-order valence-corrected chi connectivity index (χ2v) is 4.71. The van der Waals surface area contributed by atoms with Crippen LogP contribution in [0.5, 0.6) is 0 Å². The Morgan fingerprint density at radius 3 is 2.71 bits per heavy atom. The average molecular weight is 252 g/mol. The SMILES string of the molecule is Nc1cc(C(=O)O)cc(N2CC(S)CC2=O)c1. The van der Waals surface area contributed by atoms with Crippen molar-refractivity contribution in [1.29, 1.82) is 0 Å². The van der Waals surface area contributed by atoms with E-state index in [1.165, 1.54) is 17.0 Å². The van der Waals surface area contributed by atoms with Crippen LogP contribution in [0.3, 0.4) is 0 Å². The molecular weight excluding hydrogens is 240 g/mol. The van der Waals surface area contributed by atoms with Gasteiger partial charge in [-0.2, -0.15) is 12.6 Å². The van der Waals surface area contributed by atoms with Crippen LogP contribution in [0.25, 0.3) is 0 Å². The smallest absolute Gasteiger partial charge is 0.335 e. The molecule has 1 saturated heterocycles. The molecule has 6 heteroatoms. The predicted molar refractivity (Wildman–Crippen MR) is 67.6 cm³/mol. The number of carboxylic acid groups (broad SMARTS) is 1. The maximum atomic E-state index is 11.7. The lowest BCUT2D eigenvalue weighted by atomic mass is 10.1. The van der Waals surface area contributed by atoms with Gasteiger partial charge in [-0.15, -0.1) is 0 Å². The van der Waals surface area contributed by atoms with E-state index in [4.69, 9.17) is 10.8 Å². The van der Waals surface area contributed by atoms with Crippen molar-refractivity contribution in [2.24, 2.45) is 0 Å². The lowest BCUT2D eigenvalue weighted by Crippen LogP contribution is -2.25. The molecule has 1 heterocycles. The van der Waals surface area contributed by atoms with Crippen LogP contribution in [-0.2, 0) is 4.79 Å². The number of aromatic carboxylic acids is 1. The Labute approximate surface area is 104 Å². The third-order valence-corrected chi connectivity index (χ3v) is 2.95. The molecule has 1 atom stereocenters. The number of amides is 1. The first kappa shape index (κ1) is 11.8. The minimum Gasteiger partial charge on any atom is -0.478 e. The summed E-state index contributed by atoms with van der Waals surface area (Å²) in [6.45, 7) is 0.477. The van der Waals surface area contributed by atoms with Crippen molar-refractivity contribution < 1.29 is 14.7 Å². The highest BCUT2D eigenvalue weighted by atomic mass is 32.1. The van der Waals surface area contributed by atoms with Gasteiger partial charge in [-0.3, -0.25) is 4.79 Å². The van der Waals surface area contributed by atoms with E-state index >= 15 is 0 Å². The minimum atomic E-state index is -1.06. The number of carbonyl (C=O) groups excluding carboxylic acids is 1. The van der Waals surface area contributed by atoms with Crippen molar-refractivity contribution in [3.05, 3.63) is 23.8 Å². The van der Waals surface area contributed by atoms with Crippen LogP contribution in [-0.4, -0.2) is 28.8 Å². The van der Waals surface area contributed by atoms with Gasteiger partial charge in [0.25, 0.3) is 0 Å². The molecule has 0 bridgehead atoms. The van der Waals surface area contributed by atoms with Crippen LogP contribution in [0.2, 0.25) is 0 Å². The molecule has 1 unspecified atom stereocenters. The zero-order valence-electron chi connectivity index (χ0n) is 8.96. The zero-order chi connectivity index (χ0) is 12.6. The Bertz CT molecular complexity index is 490. The fourth-order valence-electron chi connectivity index (χ4n) is 1.85. The average Bonchev–Trinajstić information content (AvgIpc) is 2.57. The van der Waals surface area contributed by atoms with Gasteiger partial charge < -0.3 is 15.7 Å². The fourth-order valence-corrected chi connectivity index (χ4v) is 2.17. The maximum absolute atomic E-state index is 11.7. The van der Waals surface area contributed by atoms with E-state index < -0.39 is 5.97 Å². The molecule has 5 nitrogen and oxygen atoms in total. The van der Waals surface area contributed by atoms with E-state index in [-0.39, 0.29) is 16.7 Å². The molecule has 0 saturated carbocycles. The van der Waals surface area contributed by atoms with Crippen molar-refractivity contribution >= 4 is 35.9 Å². The number of thiol groups is 1. The Balaban J connectivity index is 2.39. The molecule has 3 N–H and O–H groups in total. The number of carbonyl (C=O) groups is 2. The number of carboxylic acids is 1. The molecule has 1 aliphatic rings. The van der Waals surface area contributed by atoms with Crippen molar-refractivity contribution in [1.82, 2.24) is 0 Å². The van der Waals surface area contributed by atoms with E-state index in [2.05, 4.69) is 12.6 Å². The van der Waals surface area contributed by atoms with E-state index in [1.807, 2.05) is 0 Å². The summed E-state index contributed by atoms with van der Waals surface area (Å²) in [5, 5.41) is 8.90. The molecule has 1 fully saturated rings. The summed E-state index contributed by atoms with van der Waals surface area (Å²) >= 11 is 4.24. The highest BCUT2D eigenvalue weighted by molar-refractivity contribution is 7.81. The first-order chi connectivity index (χ1) is 7.97. The normalized spacial score (nSPS) is 19.7. The first-order valence-electron chi connectivity index (χ1n) is 5.09. The molecule has 90 valence electrons. The number of nitrogens with zero attached hydrogens (tertiary/aromatic N) is 1. The van der Waals surface area contributed by atoms with Gasteiger partial charge in [-0.05, 0) is 18.2 Å². The maximum Gasteiger partial charge on any atom is 0.335 e. The molecule has 0 aromatic heterocycles. The molecular formula is C11H12N2O3S. The number of nitrogen functional groups attached to an aromatic ring is 1. The van der Waals surface area contributed by atoms with Gasteiger partial charge in [0.05, 0.1) is 5.56 Å². The highest BCUT2D eigenvalue weighted by Crippen LogP contribution is 2.27. The molecule has 0 aliphatic carbocycles. The second-order valence-electron chi connectivity index (χ2n) is 3.98. The topological polar surface area (TPSA) is 83.6 Å². The van der Waals surface area contributed by atoms with Gasteiger partial charge in [0.1, 0.15) is 0 Å². The monoisotopic (exact) mass is 252 g/mol. The number of benzene rings is 1. The van der Waals surface area contributed by atoms with E-state index in [0.29, 0.717) is 24.3 Å². The summed E-state index contributed by atoms with van der Waals surface area (Å²) < 4.78 is 0. The second kappa shape index (κ2) is 4.29. The number of nitrogens with two attached hydrogens (primary N) is 1. The van der Waals surface area contributed by atoms with Crippen LogP contribution in [0.15, 0.2) is 18.2 Å². The Morgan fingerprint density at radius 2 is 2.18 bits per heavy atom. The number of rotatable bonds is 2. The predicted octanol–water partition coefficient (Wildman–Crippen LogP) is 1.00. The number of hydrogen-bond acceptors (Lipinski definition) is 4. The summed E-state index contributed by atoms with van der Waals surface area (Å²) in [6, 6.07) is 4.41. The van der Waals surface area contributed by atoms with Gasteiger partial charge >= 0.3 is 5.97 Å². The third-order valence-electron chi connectivity index (χ3n) is 2.60. The van der Waals surface area contributed by atoms with Crippen LogP contribution in [0, 0.1) is 0 Å². The van der Waals surface area contributed by atoms with Crippen LogP contribution >= 0.6 is 12.6 Å². The van der Waals surface area contributed by atoms with Crippen molar-refractivity contribution in [2.75, 3.05) is 17.2 Å². The number of hydrogen-bond donors (Lipinski definition) is 3. The summed E-state index contributed by atoms with van der Waals surface area (Å²) in [6.07, 6.45) is 0.361. The molecule has 1 aliphatic heterocycles. The molecule has 2 rings (SSSR count). The highest BCUT2D eigenvalue weighted by Gasteiger charge is 2.28. The molecule has 1 aromatic carbocycles. The Hall–Kier alpha value is -1.69. The van der Waals surface area contributed by atoms with Gasteiger partial charge in [-0.1, -0.05) is 0 Å². The lowest BCUT2D eigenvalue weighted by molar-refractivity contribution is -0.117. The van der Waals surface area contributed by atoms with Gasteiger partial charge in [0.15, 0.2) is 0 Å². The molecule has 0 radical (unpaired) electrons. The minimum absolute atomic E-state index is 0.0165. The van der Waals surface area contributed by atoms with Gasteiger partial charge in [0.2, 0.25) is 5.91 Å².